The van der Waals surface area contributed by atoms with Crippen molar-refractivity contribution in [3.8, 4) is 0 Å². The smallest absolute Gasteiger partial charge is 0.0354 e. The summed E-state index contributed by atoms with van der Waals surface area (Å²) < 4.78 is 0. The molecule has 1 saturated carbocycles. The van der Waals surface area contributed by atoms with Gasteiger partial charge in [-0.05, 0) is 18.8 Å². The second kappa shape index (κ2) is 4.94. The van der Waals surface area contributed by atoms with E-state index in [4.69, 9.17) is 5.73 Å². The third kappa shape index (κ3) is 2.58. The van der Waals surface area contributed by atoms with E-state index in [0.717, 1.165) is 19.0 Å². The van der Waals surface area contributed by atoms with Gasteiger partial charge in [-0.1, -0.05) is 37.3 Å². The number of nitrogens with two attached hydrogens (primary N) is 1. The van der Waals surface area contributed by atoms with Crippen molar-refractivity contribution in [2.45, 2.75) is 44.6 Å². The Labute approximate surface area is 86.9 Å². The minimum absolute atomic E-state index is 0.252. The highest BCUT2D eigenvalue weighted by molar-refractivity contribution is 5.16. The molecule has 2 nitrogen and oxygen atoms in total. The SMILES string of the molecule is NC1C=C(C2CCCCCC2)CNC1. The molecule has 1 unspecified atom stereocenters. The average Bonchev–Trinajstić information content (AvgIpc) is 2.45. The summed E-state index contributed by atoms with van der Waals surface area (Å²) in [6.45, 7) is 2.04. The van der Waals surface area contributed by atoms with Crippen LogP contribution in [0.25, 0.3) is 0 Å². The van der Waals surface area contributed by atoms with Crippen molar-refractivity contribution in [1.29, 1.82) is 0 Å². The lowest BCUT2D eigenvalue weighted by Crippen LogP contribution is -2.39. The quantitative estimate of drug-likeness (QED) is 0.493. The molecule has 0 radical (unpaired) electrons. The van der Waals surface area contributed by atoms with Gasteiger partial charge in [0.15, 0.2) is 0 Å². The molecular weight excluding hydrogens is 172 g/mol. The van der Waals surface area contributed by atoms with Crippen molar-refractivity contribution in [2.75, 3.05) is 13.1 Å². The molecule has 2 rings (SSSR count). The third-order valence-corrected chi connectivity index (χ3v) is 3.52. The maximum absolute atomic E-state index is 5.93. The Hall–Kier alpha value is -0.340. The van der Waals surface area contributed by atoms with E-state index in [0.29, 0.717) is 0 Å². The number of hydrogen-bond acceptors (Lipinski definition) is 2. The van der Waals surface area contributed by atoms with Gasteiger partial charge in [0.25, 0.3) is 0 Å². The molecular formula is C12H22N2. The first-order chi connectivity index (χ1) is 6.86. The molecule has 80 valence electrons. The van der Waals surface area contributed by atoms with Crippen molar-refractivity contribution < 1.29 is 0 Å². The van der Waals surface area contributed by atoms with Crippen molar-refractivity contribution in [3.63, 3.8) is 0 Å². The maximum Gasteiger partial charge on any atom is 0.0354 e. The van der Waals surface area contributed by atoms with E-state index >= 15 is 0 Å². The zero-order valence-electron chi connectivity index (χ0n) is 8.97. The van der Waals surface area contributed by atoms with E-state index in [9.17, 15) is 0 Å². The number of hydrogen-bond donors (Lipinski definition) is 2. The van der Waals surface area contributed by atoms with Gasteiger partial charge in [-0.25, -0.2) is 0 Å². The summed E-state index contributed by atoms with van der Waals surface area (Å²) >= 11 is 0. The molecule has 1 heterocycles. The molecule has 0 saturated heterocycles. The van der Waals surface area contributed by atoms with E-state index in [-0.39, 0.29) is 6.04 Å². The summed E-state index contributed by atoms with van der Waals surface area (Å²) in [5.74, 6) is 0.830. The minimum Gasteiger partial charge on any atom is -0.323 e. The summed E-state index contributed by atoms with van der Waals surface area (Å²) in [4.78, 5) is 0. The fourth-order valence-electron chi connectivity index (χ4n) is 2.71. The summed E-state index contributed by atoms with van der Waals surface area (Å²) in [5, 5.41) is 3.41. The Morgan fingerprint density at radius 3 is 2.50 bits per heavy atom. The third-order valence-electron chi connectivity index (χ3n) is 3.52. The van der Waals surface area contributed by atoms with Crippen LogP contribution in [0.1, 0.15) is 38.5 Å². The Morgan fingerprint density at radius 1 is 1.14 bits per heavy atom. The van der Waals surface area contributed by atoms with Gasteiger partial charge >= 0.3 is 0 Å². The molecule has 0 aromatic carbocycles. The molecule has 1 aliphatic heterocycles. The topological polar surface area (TPSA) is 38.0 Å². The Morgan fingerprint density at radius 2 is 1.86 bits per heavy atom. The molecule has 3 N–H and O–H groups in total. The lowest BCUT2D eigenvalue weighted by atomic mass is 9.89. The summed E-state index contributed by atoms with van der Waals surface area (Å²) in [5.41, 5.74) is 7.52. The summed E-state index contributed by atoms with van der Waals surface area (Å²) in [6, 6.07) is 0.252. The number of rotatable bonds is 1. The zero-order chi connectivity index (χ0) is 9.80. The standard InChI is InChI=1S/C12H22N2/c13-12-7-11(8-14-9-12)10-5-3-1-2-4-6-10/h7,10,12,14H,1-6,8-9,13H2. The molecule has 1 fully saturated rings. The second-order valence-electron chi connectivity index (χ2n) is 4.72. The van der Waals surface area contributed by atoms with Gasteiger partial charge in [-0.15, -0.1) is 0 Å². The van der Waals surface area contributed by atoms with Crippen LogP contribution in [0.15, 0.2) is 11.6 Å². The van der Waals surface area contributed by atoms with Crippen molar-refractivity contribution in [3.05, 3.63) is 11.6 Å². The van der Waals surface area contributed by atoms with Gasteiger partial charge in [-0.3, -0.25) is 0 Å². The minimum atomic E-state index is 0.252. The highest BCUT2D eigenvalue weighted by Crippen LogP contribution is 2.29. The van der Waals surface area contributed by atoms with Crippen LogP contribution in [0.5, 0.6) is 0 Å². The van der Waals surface area contributed by atoms with Crippen LogP contribution in [0.2, 0.25) is 0 Å². The fraction of sp³-hybridized carbons (Fsp3) is 0.833. The molecule has 1 aliphatic carbocycles. The Balaban J connectivity index is 1.97. The highest BCUT2D eigenvalue weighted by Gasteiger charge is 2.19. The largest absolute Gasteiger partial charge is 0.323 e. The summed E-state index contributed by atoms with van der Waals surface area (Å²) in [7, 11) is 0. The van der Waals surface area contributed by atoms with Crippen LogP contribution in [-0.2, 0) is 0 Å². The van der Waals surface area contributed by atoms with Gasteiger partial charge in [-0.2, -0.15) is 0 Å². The molecule has 0 aromatic rings. The van der Waals surface area contributed by atoms with E-state index in [1.165, 1.54) is 38.5 Å². The second-order valence-corrected chi connectivity index (χ2v) is 4.72. The molecule has 0 spiro atoms. The van der Waals surface area contributed by atoms with Gasteiger partial charge < -0.3 is 11.1 Å². The predicted octanol–water partition coefficient (Wildman–Crippen LogP) is 1.81. The monoisotopic (exact) mass is 194 g/mol. The van der Waals surface area contributed by atoms with Crippen LogP contribution in [0.4, 0.5) is 0 Å². The zero-order valence-corrected chi connectivity index (χ0v) is 8.97. The van der Waals surface area contributed by atoms with Gasteiger partial charge in [0.05, 0.1) is 0 Å². The van der Waals surface area contributed by atoms with Gasteiger partial charge in [0, 0.05) is 19.1 Å². The molecule has 0 bridgehead atoms. The van der Waals surface area contributed by atoms with Crippen molar-refractivity contribution >= 4 is 0 Å². The van der Waals surface area contributed by atoms with E-state index in [2.05, 4.69) is 11.4 Å². The molecule has 0 aromatic heterocycles. The van der Waals surface area contributed by atoms with E-state index < -0.39 is 0 Å². The maximum atomic E-state index is 5.93. The number of nitrogens with one attached hydrogen (secondary N) is 1. The average molecular weight is 194 g/mol. The molecule has 2 heteroatoms. The van der Waals surface area contributed by atoms with Crippen LogP contribution in [0, 0.1) is 5.92 Å². The first-order valence-electron chi connectivity index (χ1n) is 6.03. The fourth-order valence-corrected chi connectivity index (χ4v) is 2.71. The van der Waals surface area contributed by atoms with Gasteiger partial charge in [0.2, 0.25) is 0 Å². The highest BCUT2D eigenvalue weighted by atomic mass is 14.9. The summed E-state index contributed by atoms with van der Waals surface area (Å²) in [6.07, 6.45) is 10.8. The Bertz CT molecular complexity index is 202. The van der Waals surface area contributed by atoms with Crippen LogP contribution < -0.4 is 11.1 Å². The lowest BCUT2D eigenvalue weighted by Gasteiger charge is -2.25. The first kappa shape index (κ1) is 10.2. The first-order valence-corrected chi connectivity index (χ1v) is 6.03. The van der Waals surface area contributed by atoms with Gasteiger partial charge in [0.1, 0.15) is 0 Å². The normalized spacial score (nSPS) is 30.9. The molecule has 0 amide bonds. The van der Waals surface area contributed by atoms with Crippen LogP contribution in [-0.4, -0.2) is 19.1 Å². The van der Waals surface area contributed by atoms with Crippen molar-refractivity contribution in [2.24, 2.45) is 11.7 Å². The molecule has 1 atom stereocenters. The molecule has 14 heavy (non-hydrogen) atoms. The van der Waals surface area contributed by atoms with E-state index in [1.54, 1.807) is 5.57 Å². The lowest BCUT2D eigenvalue weighted by molar-refractivity contribution is 0.487. The van der Waals surface area contributed by atoms with Crippen LogP contribution >= 0.6 is 0 Å². The van der Waals surface area contributed by atoms with Crippen molar-refractivity contribution in [1.82, 2.24) is 5.32 Å². The molecule has 2 aliphatic rings. The Kier molecular flexibility index (Phi) is 3.60. The predicted molar refractivity (Wildman–Crippen MR) is 60.1 cm³/mol. The van der Waals surface area contributed by atoms with Crippen LogP contribution in [0.3, 0.4) is 0 Å². The van der Waals surface area contributed by atoms with E-state index in [1.807, 2.05) is 0 Å².